The molecule has 0 bridgehead atoms. The maximum absolute atomic E-state index is 10.3. The van der Waals surface area contributed by atoms with Gasteiger partial charge in [0.15, 0.2) is 0 Å². The molecule has 1 aromatic heterocycles. The summed E-state index contributed by atoms with van der Waals surface area (Å²) in [6.07, 6.45) is -0.419. The topological polar surface area (TPSA) is 60.8 Å². The molecule has 0 saturated carbocycles. The molecule has 0 aliphatic carbocycles. The highest BCUT2D eigenvalue weighted by atomic mass is 32.1. The van der Waals surface area contributed by atoms with Crippen LogP contribution in [-0.2, 0) is 4.79 Å². The molecule has 0 spiro atoms. The number of carbonyl (C=O) groups is 1. The first-order valence-corrected chi connectivity index (χ1v) is 5.59. The first-order chi connectivity index (χ1) is 7.09. The van der Waals surface area contributed by atoms with Crippen molar-refractivity contribution in [1.29, 1.82) is 0 Å². The summed E-state index contributed by atoms with van der Waals surface area (Å²) in [6, 6.07) is 3.76. The molecule has 0 amide bonds. The van der Waals surface area contributed by atoms with Crippen molar-refractivity contribution in [2.75, 3.05) is 20.1 Å². The van der Waals surface area contributed by atoms with Crippen LogP contribution in [0.15, 0.2) is 17.5 Å². The Morgan fingerprint density at radius 1 is 1.67 bits per heavy atom. The number of likely N-dealkylation sites (N-methyl/N-ethyl adjacent to an activating group) is 1. The predicted octanol–water partition coefficient (Wildman–Crippen LogP) is 1.19. The number of aliphatic carboxylic acids is 1. The summed E-state index contributed by atoms with van der Waals surface area (Å²) in [5, 5.41) is 20.2. The van der Waals surface area contributed by atoms with Gasteiger partial charge in [-0.2, -0.15) is 0 Å². The SMILES string of the molecule is CN(CCC(=O)O)CC(O)c1cccs1. The largest absolute Gasteiger partial charge is 0.481 e. The first-order valence-electron chi connectivity index (χ1n) is 4.71. The van der Waals surface area contributed by atoms with E-state index in [1.807, 2.05) is 22.4 Å². The number of carboxylic acid groups (broad SMARTS) is 1. The van der Waals surface area contributed by atoms with E-state index >= 15 is 0 Å². The van der Waals surface area contributed by atoms with Crippen LogP contribution in [0.5, 0.6) is 0 Å². The van der Waals surface area contributed by atoms with Crippen LogP contribution in [0.4, 0.5) is 0 Å². The summed E-state index contributed by atoms with van der Waals surface area (Å²) in [5.74, 6) is -0.813. The van der Waals surface area contributed by atoms with Crippen molar-refractivity contribution in [2.45, 2.75) is 12.5 Å². The van der Waals surface area contributed by atoms with E-state index in [9.17, 15) is 9.90 Å². The minimum atomic E-state index is -0.813. The number of aliphatic hydroxyl groups is 1. The van der Waals surface area contributed by atoms with E-state index in [2.05, 4.69) is 0 Å². The molecule has 0 aliphatic rings. The van der Waals surface area contributed by atoms with Gasteiger partial charge >= 0.3 is 5.97 Å². The highest BCUT2D eigenvalue weighted by Crippen LogP contribution is 2.19. The fraction of sp³-hybridized carbons (Fsp3) is 0.500. The van der Waals surface area contributed by atoms with Crippen molar-refractivity contribution in [3.8, 4) is 0 Å². The van der Waals surface area contributed by atoms with Crippen LogP contribution in [0.25, 0.3) is 0 Å². The van der Waals surface area contributed by atoms with Gasteiger partial charge in [-0.05, 0) is 18.5 Å². The van der Waals surface area contributed by atoms with Gasteiger partial charge in [-0.3, -0.25) is 4.79 Å². The normalized spacial score (nSPS) is 13.0. The number of thiophene rings is 1. The standard InChI is InChI=1S/C10H15NO3S/c1-11(5-4-10(13)14)7-8(12)9-3-2-6-15-9/h2-3,6,8,12H,4-5,7H2,1H3,(H,13,14). The molecular formula is C10H15NO3S. The number of hydrogen-bond donors (Lipinski definition) is 2. The molecule has 4 nitrogen and oxygen atoms in total. The lowest BCUT2D eigenvalue weighted by molar-refractivity contribution is -0.137. The first kappa shape index (κ1) is 12.2. The van der Waals surface area contributed by atoms with Crippen molar-refractivity contribution >= 4 is 17.3 Å². The van der Waals surface area contributed by atoms with Gasteiger partial charge < -0.3 is 15.1 Å². The van der Waals surface area contributed by atoms with Crippen LogP contribution in [0.3, 0.4) is 0 Å². The highest BCUT2D eigenvalue weighted by molar-refractivity contribution is 7.10. The molecular weight excluding hydrogens is 214 g/mol. The summed E-state index contributed by atoms with van der Waals surface area (Å²) in [7, 11) is 1.81. The monoisotopic (exact) mass is 229 g/mol. The molecule has 0 fully saturated rings. The third kappa shape index (κ3) is 4.42. The van der Waals surface area contributed by atoms with Gasteiger partial charge in [0, 0.05) is 18.0 Å². The van der Waals surface area contributed by atoms with Gasteiger partial charge in [-0.1, -0.05) is 6.07 Å². The van der Waals surface area contributed by atoms with E-state index in [0.29, 0.717) is 13.1 Å². The average Bonchev–Trinajstić information content (AvgIpc) is 2.67. The van der Waals surface area contributed by atoms with Crippen molar-refractivity contribution in [3.05, 3.63) is 22.4 Å². The Balaban J connectivity index is 2.31. The molecule has 0 saturated heterocycles. The van der Waals surface area contributed by atoms with Crippen LogP contribution in [0.2, 0.25) is 0 Å². The van der Waals surface area contributed by atoms with Crippen LogP contribution < -0.4 is 0 Å². The van der Waals surface area contributed by atoms with E-state index in [4.69, 9.17) is 5.11 Å². The summed E-state index contributed by atoms with van der Waals surface area (Å²) >= 11 is 1.50. The number of aliphatic hydroxyl groups excluding tert-OH is 1. The van der Waals surface area contributed by atoms with Crippen LogP contribution >= 0.6 is 11.3 Å². The Labute approximate surface area is 92.8 Å². The summed E-state index contributed by atoms with van der Waals surface area (Å²) in [5.41, 5.74) is 0. The van der Waals surface area contributed by atoms with Gasteiger partial charge in [0.1, 0.15) is 6.10 Å². The van der Waals surface area contributed by atoms with Crippen molar-refractivity contribution in [3.63, 3.8) is 0 Å². The lowest BCUT2D eigenvalue weighted by Crippen LogP contribution is -2.26. The fourth-order valence-corrected chi connectivity index (χ4v) is 1.95. The molecule has 1 atom stereocenters. The Kier molecular flexibility index (Phi) is 4.74. The summed E-state index contributed by atoms with van der Waals surface area (Å²) < 4.78 is 0. The van der Waals surface area contributed by atoms with Gasteiger partial charge in [0.05, 0.1) is 6.42 Å². The van der Waals surface area contributed by atoms with Crippen molar-refractivity contribution in [1.82, 2.24) is 4.90 Å². The van der Waals surface area contributed by atoms with Crippen LogP contribution in [-0.4, -0.2) is 41.2 Å². The van der Waals surface area contributed by atoms with E-state index in [-0.39, 0.29) is 6.42 Å². The fourth-order valence-electron chi connectivity index (χ4n) is 1.24. The van der Waals surface area contributed by atoms with Gasteiger partial charge in [0.25, 0.3) is 0 Å². The van der Waals surface area contributed by atoms with Crippen LogP contribution in [0.1, 0.15) is 17.4 Å². The Bertz CT molecular complexity index is 300. The smallest absolute Gasteiger partial charge is 0.304 e. The second-order valence-electron chi connectivity index (χ2n) is 3.44. The quantitative estimate of drug-likeness (QED) is 0.769. The van der Waals surface area contributed by atoms with E-state index in [1.165, 1.54) is 11.3 Å². The summed E-state index contributed by atoms with van der Waals surface area (Å²) in [6.45, 7) is 0.922. The van der Waals surface area contributed by atoms with Crippen molar-refractivity contribution in [2.24, 2.45) is 0 Å². The molecule has 0 radical (unpaired) electrons. The molecule has 1 heterocycles. The second kappa shape index (κ2) is 5.85. The molecule has 2 N–H and O–H groups in total. The Morgan fingerprint density at radius 3 is 2.93 bits per heavy atom. The van der Waals surface area contributed by atoms with Crippen molar-refractivity contribution < 1.29 is 15.0 Å². The zero-order valence-corrected chi connectivity index (χ0v) is 9.41. The number of nitrogens with zero attached hydrogens (tertiary/aromatic N) is 1. The zero-order valence-electron chi connectivity index (χ0n) is 8.59. The van der Waals surface area contributed by atoms with Crippen LogP contribution in [0, 0.1) is 0 Å². The molecule has 1 rings (SSSR count). The Hall–Kier alpha value is -0.910. The van der Waals surface area contributed by atoms with Gasteiger partial charge in [-0.15, -0.1) is 11.3 Å². The van der Waals surface area contributed by atoms with Gasteiger partial charge in [0.2, 0.25) is 0 Å². The minimum absolute atomic E-state index is 0.105. The summed E-state index contributed by atoms with van der Waals surface area (Å²) in [4.78, 5) is 13.1. The number of carboxylic acids is 1. The average molecular weight is 229 g/mol. The molecule has 15 heavy (non-hydrogen) atoms. The van der Waals surface area contributed by atoms with E-state index in [1.54, 1.807) is 7.05 Å². The zero-order chi connectivity index (χ0) is 11.3. The molecule has 0 aliphatic heterocycles. The van der Waals surface area contributed by atoms with Gasteiger partial charge in [-0.25, -0.2) is 0 Å². The predicted molar refractivity (Wildman–Crippen MR) is 59.0 cm³/mol. The lowest BCUT2D eigenvalue weighted by Gasteiger charge is -2.18. The highest BCUT2D eigenvalue weighted by Gasteiger charge is 2.11. The Morgan fingerprint density at radius 2 is 2.40 bits per heavy atom. The maximum atomic E-state index is 10.3. The molecule has 0 aromatic carbocycles. The molecule has 84 valence electrons. The number of rotatable bonds is 6. The number of hydrogen-bond acceptors (Lipinski definition) is 4. The van der Waals surface area contributed by atoms with E-state index in [0.717, 1.165) is 4.88 Å². The maximum Gasteiger partial charge on any atom is 0.304 e. The second-order valence-corrected chi connectivity index (χ2v) is 4.42. The molecule has 1 unspecified atom stereocenters. The molecule has 1 aromatic rings. The lowest BCUT2D eigenvalue weighted by atomic mass is 10.2. The van der Waals surface area contributed by atoms with E-state index < -0.39 is 12.1 Å². The third-order valence-corrected chi connectivity index (χ3v) is 3.04. The molecule has 5 heteroatoms. The minimum Gasteiger partial charge on any atom is -0.481 e. The third-order valence-electron chi connectivity index (χ3n) is 2.06.